The largest absolute Gasteiger partial charge is 0.466 e. The summed E-state index contributed by atoms with van der Waals surface area (Å²) in [4.78, 5) is 23.2. The van der Waals surface area contributed by atoms with Crippen molar-refractivity contribution in [3.05, 3.63) is 35.1 Å². The van der Waals surface area contributed by atoms with Crippen LogP contribution in [0.5, 0.6) is 0 Å². The molecule has 1 rings (SSSR count). The number of rotatable bonds is 7. The van der Waals surface area contributed by atoms with Gasteiger partial charge in [0.15, 0.2) is 5.78 Å². The molecule has 0 aromatic heterocycles. The summed E-state index contributed by atoms with van der Waals surface area (Å²) in [5.41, 5.74) is 1.05. The maximum absolute atomic E-state index is 12.9. The van der Waals surface area contributed by atoms with Crippen LogP contribution in [0.25, 0.3) is 0 Å². The first-order chi connectivity index (χ1) is 9.04. The molecule has 0 bridgehead atoms. The Morgan fingerprint density at radius 3 is 2.63 bits per heavy atom. The van der Waals surface area contributed by atoms with Crippen molar-refractivity contribution >= 4 is 11.8 Å². The first kappa shape index (κ1) is 15.3. The van der Waals surface area contributed by atoms with Crippen molar-refractivity contribution in [2.75, 3.05) is 6.61 Å². The van der Waals surface area contributed by atoms with Crippen LogP contribution < -0.4 is 0 Å². The van der Waals surface area contributed by atoms with E-state index in [1.807, 2.05) is 6.92 Å². The van der Waals surface area contributed by atoms with Gasteiger partial charge in [-0.3, -0.25) is 9.59 Å². The summed E-state index contributed by atoms with van der Waals surface area (Å²) in [6.07, 6.45) is 1.95. The van der Waals surface area contributed by atoms with Gasteiger partial charge >= 0.3 is 5.97 Å². The smallest absolute Gasteiger partial charge is 0.306 e. The van der Waals surface area contributed by atoms with Crippen LogP contribution in [0.4, 0.5) is 4.39 Å². The van der Waals surface area contributed by atoms with Crippen molar-refractivity contribution < 1.29 is 18.7 Å². The average molecular weight is 266 g/mol. The summed E-state index contributed by atoms with van der Waals surface area (Å²) < 4.78 is 17.9. The fourth-order valence-electron chi connectivity index (χ4n) is 1.69. The topological polar surface area (TPSA) is 43.4 Å². The molecule has 4 heteroatoms. The Labute approximate surface area is 112 Å². The summed E-state index contributed by atoms with van der Waals surface area (Å²) in [6.45, 7) is 4.09. The highest BCUT2D eigenvalue weighted by molar-refractivity contribution is 5.98. The van der Waals surface area contributed by atoms with Crippen LogP contribution in [0.15, 0.2) is 18.2 Å². The highest BCUT2D eigenvalue weighted by Crippen LogP contribution is 2.13. The van der Waals surface area contributed by atoms with Gasteiger partial charge in [0.25, 0.3) is 0 Å². The molecule has 0 spiro atoms. The third-order valence-electron chi connectivity index (χ3n) is 2.81. The molecule has 0 aliphatic rings. The SMILES string of the molecule is CCCCOC(=O)CCC(=O)c1ccc(F)cc1C. The molecule has 0 heterocycles. The Bertz CT molecular complexity index is 455. The molecule has 0 fully saturated rings. The van der Waals surface area contributed by atoms with Crippen molar-refractivity contribution in [3.63, 3.8) is 0 Å². The fraction of sp³-hybridized carbons (Fsp3) is 0.467. The monoisotopic (exact) mass is 266 g/mol. The molecular weight excluding hydrogens is 247 g/mol. The van der Waals surface area contributed by atoms with Crippen molar-refractivity contribution in [2.45, 2.75) is 39.5 Å². The maximum atomic E-state index is 12.9. The van der Waals surface area contributed by atoms with Crippen molar-refractivity contribution in [2.24, 2.45) is 0 Å². The molecule has 0 radical (unpaired) electrons. The lowest BCUT2D eigenvalue weighted by atomic mass is 10.0. The molecule has 0 amide bonds. The first-order valence-corrected chi connectivity index (χ1v) is 6.49. The van der Waals surface area contributed by atoms with Crippen LogP contribution in [-0.4, -0.2) is 18.4 Å². The summed E-state index contributed by atoms with van der Waals surface area (Å²) in [5, 5.41) is 0. The minimum Gasteiger partial charge on any atom is -0.466 e. The number of halogens is 1. The van der Waals surface area contributed by atoms with E-state index in [2.05, 4.69) is 0 Å². The zero-order chi connectivity index (χ0) is 14.3. The van der Waals surface area contributed by atoms with Gasteiger partial charge in [-0.15, -0.1) is 0 Å². The molecule has 3 nitrogen and oxygen atoms in total. The Morgan fingerprint density at radius 2 is 2.00 bits per heavy atom. The minimum atomic E-state index is -0.368. The molecule has 0 aliphatic heterocycles. The van der Waals surface area contributed by atoms with Gasteiger partial charge in [-0.05, 0) is 37.1 Å². The number of carbonyl (C=O) groups is 2. The van der Waals surface area contributed by atoms with Crippen molar-refractivity contribution in [1.29, 1.82) is 0 Å². The van der Waals surface area contributed by atoms with Gasteiger partial charge in [-0.25, -0.2) is 4.39 Å². The highest BCUT2D eigenvalue weighted by atomic mass is 19.1. The lowest BCUT2D eigenvalue weighted by molar-refractivity contribution is -0.143. The second-order valence-electron chi connectivity index (χ2n) is 4.46. The fourth-order valence-corrected chi connectivity index (χ4v) is 1.69. The highest BCUT2D eigenvalue weighted by Gasteiger charge is 2.12. The molecule has 0 aliphatic carbocycles. The molecule has 0 saturated heterocycles. The standard InChI is InChI=1S/C15H19FO3/c1-3-4-9-19-15(18)8-7-14(17)13-6-5-12(16)10-11(13)2/h5-6,10H,3-4,7-9H2,1-2H3. The summed E-state index contributed by atoms with van der Waals surface area (Å²) in [7, 11) is 0. The van der Waals surface area contributed by atoms with E-state index in [9.17, 15) is 14.0 Å². The third-order valence-corrected chi connectivity index (χ3v) is 2.81. The number of hydrogen-bond donors (Lipinski definition) is 0. The van der Waals surface area contributed by atoms with Gasteiger partial charge < -0.3 is 4.74 Å². The zero-order valence-corrected chi connectivity index (χ0v) is 11.4. The van der Waals surface area contributed by atoms with Crippen LogP contribution in [0, 0.1) is 12.7 Å². The van der Waals surface area contributed by atoms with Gasteiger partial charge in [-0.1, -0.05) is 13.3 Å². The number of benzene rings is 1. The number of aryl methyl sites for hydroxylation is 1. The Morgan fingerprint density at radius 1 is 1.26 bits per heavy atom. The molecule has 0 unspecified atom stereocenters. The molecule has 104 valence electrons. The van der Waals surface area contributed by atoms with E-state index in [-0.39, 0.29) is 30.4 Å². The van der Waals surface area contributed by atoms with Gasteiger partial charge in [0, 0.05) is 12.0 Å². The predicted molar refractivity (Wildman–Crippen MR) is 70.6 cm³/mol. The molecule has 1 aromatic carbocycles. The molecule has 0 N–H and O–H groups in total. The molecule has 0 saturated carbocycles. The Balaban J connectivity index is 2.45. The molecule has 19 heavy (non-hydrogen) atoms. The number of ether oxygens (including phenoxy) is 1. The first-order valence-electron chi connectivity index (χ1n) is 6.49. The van der Waals surface area contributed by atoms with Crippen LogP contribution in [-0.2, 0) is 9.53 Å². The van der Waals surface area contributed by atoms with E-state index >= 15 is 0 Å². The van der Waals surface area contributed by atoms with E-state index in [4.69, 9.17) is 4.74 Å². The van der Waals surface area contributed by atoms with Crippen molar-refractivity contribution in [1.82, 2.24) is 0 Å². The second-order valence-corrected chi connectivity index (χ2v) is 4.46. The van der Waals surface area contributed by atoms with E-state index in [1.165, 1.54) is 18.2 Å². The van der Waals surface area contributed by atoms with Crippen LogP contribution in [0.3, 0.4) is 0 Å². The normalized spacial score (nSPS) is 10.3. The zero-order valence-electron chi connectivity index (χ0n) is 11.4. The predicted octanol–water partition coefficient (Wildman–Crippen LogP) is 3.44. The van der Waals surface area contributed by atoms with Gasteiger partial charge in [-0.2, -0.15) is 0 Å². The van der Waals surface area contributed by atoms with Crippen LogP contribution >= 0.6 is 0 Å². The van der Waals surface area contributed by atoms with E-state index in [1.54, 1.807) is 6.92 Å². The van der Waals surface area contributed by atoms with Crippen LogP contribution in [0.2, 0.25) is 0 Å². The molecular formula is C15H19FO3. The summed E-state index contributed by atoms with van der Waals surface area (Å²) in [5.74, 6) is -0.889. The maximum Gasteiger partial charge on any atom is 0.306 e. The van der Waals surface area contributed by atoms with Gasteiger partial charge in [0.05, 0.1) is 13.0 Å². The van der Waals surface area contributed by atoms with Crippen LogP contribution in [0.1, 0.15) is 48.5 Å². The number of hydrogen-bond acceptors (Lipinski definition) is 3. The van der Waals surface area contributed by atoms with E-state index in [0.717, 1.165) is 12.8 Å². The third kappa shape index (κ3) is 5.20. The summed E-state index contributed by atoms with van der Waals surface area (Å²) >= 11 is 0. The van der Waals surface area contributed by atoms with Crippen molar-refractivity contribution in [3.8, 4) is 0 Å². The molecule has 0 atom stereocenters. The number of unbranched alkanes of at least 4 members (excludes halogenated alkanes) is 1. The second kappa shape index (κ2) is 7.67. The average Bonchev–Trinajstić information content (AvgIpc) is 2.36. The Kier molecular flexibility index (Phi) is 6.19. The number of carbonyl (C=O) groups excluding carboxylic acids is 2. The lowest BCUT2D eigenvalue weighted by Crippen LogP contribution is -2.09. The molecule has 1 aromatic rings. The van der Waals surface area contributed by atoms with E-state index < -0.39 is 0 Å². The minimum absolute atomic E-state index is 0.0688. The van der Waals surface area contributed by atoms with E-state index in [0.29, 0.717) is 17.7 Å². The van der Waals surface area contributed by atoms with Gasteiger partial charge in [0.1, 0.15) is 5.82 Å². The number of Topliss-reactive ketones (excluding diaryl/α,β-unsaturated/α-hetero) is 1. The van der Waals surface area contributed by atoms with Gasteiger partial charge in [0.2, 0.25) is 0 Å². The summed E-state index contributed by atoms with van der Waals surface area (Å²) in [6, 6.07) is 4.02. The Hall–Kier alpha value is -1.71. The number of ketones is 1. The quantitative estimate of drug-likeness (QED) is 0.431. The number of esters is 1. The lowest BCUT2D eigenvalue weighted by Gasteiger charge is -2.06.